The summed E-state index contributed by atoms with van der Waals surface area (Å²) in [5.41, 5.74) is 1.68. The molecule has 2 aromatic carbocycles. The molecule has 0 unspecified atom stereocenters. The highest BCUT2D eigenvalue weighted by atomic mass is 35.5. The summed E-state index contributed by atoms with van der Waals surface area (Å²) in [6.45, 7) is 0.387. The maximum absolute atomic E-state index is 10.9. The number of rotatable bonds is 3. The summed E-state index contributed by atoms with van der Waals surface area (Å²) >= 11 is 5.99. The quantitative estimate of drug-likeness (QED) is 0.849. The Morgan fingerprint density at radius 2 is 1.95 bits per heavy atom. The van der Waals surface area contributed by atoms with Gasteiger partial charge in [-0.1, -0.05) is 41.6 Å². The number of carboxylic acids is 1. The molecule has 20 heavy (non-hydrogen) atoms. The lowest BCUT2D eigenvalue weighted by molar-refractivity contribution is 0.0697. The van der Waals surface area contributed by atoms with E-state index < -0.39 is 5.97 Å². The van der Waals surface area contributed by atoms with Crippen LogP contribution in [0.15, 0.2) is 48.5 Å². The molecule has 0 aliphatic heterocycles. The van der Waals surface area contributed by atoms with E-state index in [0.29, 0.717) is 17.3 Å². The Hall–Kier alpha value is -2.44. The van der Waals surface area contributed by atoms with Gasteiger partial charge in [0.1, 0.15) is 0 Å². The van der Waals surface area contributed by atoms with Crippen molar-refractivity contribution in [3.63, 3.8) is 0 Å². The van der Waals surface area contributed by atoms with E-state index in [4.69, 9.17) is 16.7 Å². The number of anilines is 1. The first-order valence-electron chi connectivity index (χ1n) is 5.97. The third-order valence-corrected chi connectivity index (χ3v) is 2.92. The number of hydrogen-bond acceptors (Lipinski definition) is 2. The molecule has 0 heterocycles. The maximum Gasteiger partial charge on any atom is 0.335 e. The van der Waals surface area contributed by atoms with Gasteiger partial charge >= 0.3 is 5.97 Å². The second-order valence-electron chi connectivity index (χ2n) is 4.02. The van der Waals surface area contributed by atoms with Crippen LogP contribution in [0.5, 0.6) is 0 Å². The number of benzene rings is 2. The van der Waals surface area contributed by atoms with Crippen LogP contribution < -0.4 is 5.32 Å². The van der Waals surface area contributed by atoms with Gasteiger partial charge in [0.15, 0.2) is 0 Å². The molecule has 0 atom stereocenters. The van der Waals surface area contributed by atoms with Crippen LogP contribution in [-0.2, 0) is 0 Å². The summed E-state index contributed by atoms with van der Waals surface area (Å²) in [6, 6.07) is 14.1. The van der Waals surface area contributed by atoms with Gasteiger partial charge in [0.25, 0.3) is 0 Å². The molecule has 3 nitrogen and oxygen atoms in total. The van der Waals surface area contributed by atoms with Crippen LogP contribution in [0.25, 0.3) is 0 Å². The van der Waals surface area contributed by atoms with Crippen molar-refractivity contribution in [3.05, 3.63) is 64.7 Å². The predicted octanol–water partition coefficient (Wildman–Crippen LogP) is 3.50. The fourth-order valence-corrected chi connectivity index (χ4v) is 1.79. The van der Waals surface area contributed by atoms with E-state index >= 15 is 0 Å². The lowest BCUT2D eigenvalue weighted by Crippen LogP contribution is -2.02. The molecular formula is C16H12ClNO2. The lowest BCUT2D eigenvalue weighted by atomic mass is 10.2. The van der Waals surface area contributed by atoms with E-state index in [-0.39, 0.29) is 5.56 Å². The molecule has 0 aromatic heterocycles. The minimum atomic E-state index is -0.986. The zero-order valence-corrected chi connectivity index (χ0v) is 11.3. The molecule has 0 aliphatic rings. The van der Waals surface area contributed by atoms with Gasteiger partial charge in [0, 0.05) is 5.56 Å². The number of hydrogen-bond donors (Lipinski definition) is 2. The number of halogens is 1. The molecule has 0 amide bonds. The van der Waals surface area contributed by atoms with Gasteiger partial charge in [0.05, 0.1) is 22.8 Å². The van der Waals surface area contributed by atoms with Crippen molar-refractivity contribution < 1.29 is 9.90 Å². The van der Waals surface area contributed by atoms with Gasteiger partial charge < -0.3 is 10.4 Å². The van der Waals surface area contributed by atoms with Gasteiger partial charge in [-0.2, -0.15) is 0 Å². The van der Waals surface area contributed by atoms with Crippen molar-refractivity contribution in [2.45, 2.75) is 0 Å². The van der Waals surface area contributed by atoms with Crippen LogP contribution in [-0.4, -0.2) is 17.6 Å². The Balaban J connectivity index is 2.03. The summed E-state index contributed by atoms with van der Waals surface area (Å²) in [6.07, 6.45) is 0. The fourth-order valence-electron chi connectivity index (χ4n) is 1.60. The van der Waals surface area contributed by atoms with Crippen LogP contribution >= 0.6 is 11.6 Å². The van der Waals surface area contributed by atoms with Crippen molar-refractivity contribution in [1.82, 2.24) is 0 Å². The summed E-state index contributed by atoms with van der Waals surface area (Å²) in [7, 11) is 0. The van der Waals surface area contributed by atoms with Crippen LogP contribution in [0.4, 0.5) is 5.69 Å². The number of carbonyl (C=O) groups is 1. The largest absolute Gasteiger partial charge is 0.478 e. The Morgan fingerprint density at radius 1 is 1.20 bits per heavy atom. The van der Waals surface area contributed by atoms with Crippen molar-refractivity contribution in [2.75, 3.05) is 11.9 Å². The van der Waals surface area contributed by atoms with E-state index in [2.05, 4.69) is 17.2 Å². The van der Waals surface area contributed by atoms with Crippen LogP contribution in [0.1, 0.15) is 15.9 Å². The second kappa shape index (κ2) is 6.65. The molecule has 0 aliphatic carbocycles. The Bertz CT molecular complexity index is 672. The van der Waals surface area contributed by atoms with E-state index in [9.17, 15) is 4.79 Å². The minimum absolute atomic E-state index is 0.188. The van der Waals surface area contributed by atoms with Crippen LogP contribution in [0.2, 0.25) is 5.02 Å². The summed E-state index contributed by atoms with van der Waals surface area (Å²) in [5, 5.41) is 12.4. The number of carboxylic acid groups (broad SMARTS) is 1. The molecule has 2 aromatic rings. The molecular weight excluding hydrogens is 274 g/mol. The van der Waals surface area contributed by atoms with Gasteiger partial charge in [-0.05, 0) is 30.3 Å². The second-order valence-corrected chi connectivity index (χ2v) is 4.43. The van der Waals surface area contributed by atoms with E-state index in [1.807, 2.05) is 30.3 Å². The highest BCUT2D eigenvalue weighted by molar-refractivity contribution is 6.33. The summed E-state index contributed by atoms with van der Waals surface area (Å²) in [4.78, 5) is 10.9. The highest BCUT2D eigenvalue weighted by Crippen LogP contribution is 2.22. The van der Waals surface area contributed by atoms with E-state index in [1.165, 1.54) is 12.1 Å². The topological polar surface area (TPSA) is 49.3 Å². The average Bonchev–Trinajstić information content (AvgIpc) is 2.46. The fraction of sp³-hybridized carbons (Fsp3) is 0.0625. The standard InChI is InChI=1S/C16H12ClNO2/c17-14-9-8-13(16(19)20)11-15(14)18-10-4-7-12-5-2-1-3-6-12/h1-3,5-6,8-9,11,18H,10H2,(H,19,20). The smallest absolute Gasteiger partial charge is 0.335 e. The van der Waals surface area contributed by atoms with Crippen molar-refractivity contribution in [1.29, 1.82) is 0 Å². The molecule has 0 saturated heterocycles. The first-order chi connectivity index (χ1) is 9.66. The summed E-state index contributed by atoms with van der Waals surface area (Å²) in [5.74, 6) is 4.97. The van der Waals surface area contributed by atoms with Gasteiger partial charge in [-0.15, -0.1) is 0 Å². The van der Waals surface area contributed by atoms with E-state index in [1.54, 1.807) is 6.07 Å². The molecule has 0 fully saturated rings. The Morgan fingerprint density at radius 3 is 2.65 bits per heavy atom. The molecule has 0 saturated carbocycles. The van der Waals surface area contributed by atoms with E-state index in [0.717, 1.165) is 5.56 Å². The van der Waals surface area contributed by atoms with Gasteiger partial charge in [-0.25, -0.2) is 4.79 Å². The zero-order valence-electron chi connectivity index (χ0n) is 10.6. The average molecular weight is 286 g/mol. The molecule has 0 radical (unpaired) electrons. The molecule has 0 spiro atoms. The lowest BCUT2D eigenvalue weighted by Gasteiger charge is -2.06. The first-order valence-corrected chi connectivity index (χ1v) is 6.35. The van der Waals surface area contributed by atoms with Crippen molar-refractivity contribution in [2.24, 2.45) is 0 Å². The Kier molecular flexibility index (Phi) is 4.65. The van der Waals surface area contributed by atoms with Crippen molar-refractivity contribution >= 4 is 23.3 Å². The highest BCUT2D eigenvalue weighted by Gasteiger charge is 2.06. The SMILES string of the molecule is O=C(O)c1ccc(Cl)c(NCC#Cc2ccccc2)c1. The zero-order chi connectivity index (χ0) is 14.4. The van der Waals surface area contributed by atoms with Crippen LogP contribution in [0.3, 0.4) is 0 Å². The normalized spacial score (nSPS) is 9.45. The van der Waals surface area contributed by atoms with Crippen molar-refractivity contribution in [3.8, 4) is 11.8 Å². The molecule has 2 N–H and O–H groups in total. The minimum Gasteiger partial charge on any atom is -0.478 e. The molecule has 2 rings (SSSR count). The van der Waals surface area contributed by atoms with Gasteiger partial charge in [-0.3, -0.25) is 0 Å². The third kappa shape index (κ3) is 3.78. The van der Waals surface area contributed by atoms with Crippen LogP contribution in [0, 0.1) is 11.8 Å². The molecule has 100 valence electrons. The predicted molar refractivity (Wildman–Crippen MR) is 80.2 cm³/mol. The Labute approximate surface area is 122 Å². The maximum atomic E-state index is 10.9. The first kappa shape index (κ1) is 14.0. The molecule has 0 bridgehead atoms. The number of nitrogens with one attached hydrogen (secondary N) is 1. The van der Waals surface area contributed by atoms with Gasteiger partial charge in [0.2, 0.25) is 0 Å². The molecule has 4 heteroatoms. The number of aromatic carboxylic acids is 1. The monoisotopic (exact) mass is 285 g/mol. The summed E-state index contributed by atoms with van der Waals surface area (Å²) < 4.78 is 0. The third-order valence-electron chi connectivity index (χ3n) is 2.59.